The van der Waals surface area contributed by atoms with Gasteiger partial charge in [0.2, 0.25) is 11.8 Å². The molecule has 0 spiro atoms. The number of rotatable bonds is 11. The number of benzene rings is 2. The van der Waals surface area contributed by atoms with Crippen LogP contribution >= 0.6 is 0 Å². The van der Waals surface area contributed by atoms with E-state index in [2.05, 4.69) is 5.32 Å². The van der Waals surface area contributed by atoms with Crippen LogP contribution in [0.3, 0.4) is 0 Å². The molecule has 1 atom stereocenters. The van der Waals surface area contributed by atoms with Crippen LogP contribution in [0.1, 0.15) is 31.4 Å². The van der Waals surface area contributed by atoms with Crippen LogP contribution in [0.15, 0.2) is 48.5 Å². The Morgan fingerprint density at radius 1 is 1.09 bits per heavy atom. The molecule has 0 saturated carbocycles. The van der Waals surface area contributed by atoms with Crippen LogP contribution in [-0.2, 0) is 26.3 Å². The molecule has 10 heteroatoms. The molecule has 2 amide bonds. The Balaban J connectivity index is 2.43. The predicted molar refractivity (Wildman–Crippen MR) is 131 cm³/mol. The van der Waals surface area contributed by atoms with Crippen molar-refractivity contribution in [2.45, 2.75) is 39.8 Å². The summed E-state index contributed by atoms with van der Waals surface area (Å²) in [6.45, 7) is 5.50. The Hall–Kier alpha value is -2.98. The molecule has 0 saturated heterocycles. The molecule has 0 heterocycles. The van der Waals surface area contributed by atoms with E-state index in [9.17, 15) is 22.4 Å². The lowest BCUT2D eigenvalue weighted by Crippen LogP contribution is -2.52. The van der Waals surface area contributed by atoms with Crippen molar-refractivity contribution in [3.05, 3.63) is 65.5 Å². The summed E-state index contributed by atoms with van der Waals surface area (Å²) in [5.41, 5.74) is 1.95. The first-order valence-corrected chi connectivity index (χ1v) is 12.5. The normalized spacial score (nSPS) is 12.3. The average molecular weight is 493 g/mol. The largest absolute Gasteiger partial charge is 0.354 e. The monoisotopic (exact) mass is 492 g/mol. The molecule has 8 nitrogen and oxygen atoms in total. The summed E-state index contributed by atoms with van der Waals surface area (Å²) in [7, 11) is -1.38. The quantitative estimate of drug-likeness (QED) is 0.522. The first-order chi connectivity index (χ1) is 16.0. The summed E-state index contributed by atoms with van der Waals surface area (Å²) >= 11 is 0. The molecule has 0 unspecified atom stereocenters. The van der Waals surface area contributed by atoms with Gasteiger partial charge in [0.15, 0.2) is 0 Å². The number of carbonyl (C=O) groups excluding carboxylic acids is 2. The van der Waals surface area contributed by atoms with E-state index in [4.69, 9.17) is 0 Å². The van der Waals surface area contributed by atoms with E-state index in [-0.39, 0.29) is 18.1 Å². The number of nitrogens with one attached hydrogen (secondary N) is 1. The van der Waals surface area contributed by atoms with Gasteiger partial charge in [0.05, 0.1) is 5.69 Å². The van der Waals surface area contributed by atoms with Gasteiger partial charge in [-0.25, -0.2) is 8.70 Å². The zero-order chi connectivity index (χ0) is 25.5. The third-order valence-corrected chi connectivity index (χ3v) is 7.11. The van der Waals surface area contributed by atoms with Crippen molar-refractivity contribution in [2.75, 3.05) is 31.5 Å². The number of hydrogen-bond donors (Lipinski definition) is 1. The topological polar surface area (TPSA) is 90.0 Å². The summed E-state index contributed by atoms with van der Waals surface area (Å²) in [6, 6.07) is 11.5. The molecule has 2 rings (SSSR count). The molecule has 2 aromatic carbocycles. The van der Waals surface area contributed by atoms with Crippen molar-refractivity contribution in [1.82, 2.24) is 14.5 Å². The highest BCUT2D eigenvalue weighted by atomic mass is 32.2. The number of hydrogen-bond acceptors (Lipinski definition) is 4. The van der Waals surface area contributed by atoms with Crippen molar-refractivity contribution >= 4 is 27.7 Å². The van der Waals surface area contributed by atoms with Crippen LogP contribution in [0.25, 0.3) is 0 Å². The first-order valence-electron chi connectivity index (χ1n) is 11.1. The fraction of sp³-hybridized carbons (Fsp3) is 0.417. The van der Waals surface area contributed by atoms with Crippen LogP contribution in [-0.4, -0.2) is 62.7 Å². The van der Waals surface area contributed by atoms with E-state index < -0.39 is 34.5 Å². The highest BCUT2D eigenvalue weighted by molar-refractivity contribution is 7.90. The summed E-state index contributed by atoms with van der Waals surface area (Å²) in [5.74, 6) is -1.42. The van der Waals surface area contributed by atoms with Crippen LogP contribution in [0.4, 0.5) is 10.1 Å². The summed E-state index contributed by atoms with van der Waals surface area (Å²) in [6.07, 6.45) is 0.740. The van der Waals surface area contributed by atoms with E-state index in [0.29, 0.717) is 6.54 Å². The van der Waals surface area contributed by atoms with Gasteiger partial charge in [-0.15, -0.1) is 0 Å². The third kappa shape index (κ3) is 7.01. The lowest BCUT2D eigenvalue weighted by molar-refractivity contribution is -0.139. The molecule has 0 aliphatic carbocycles. The van der Waals surface area contributed by atoms with Crippen molar-refractivity contribution in [3.63, 3.8) is 0 Å². The molecular formula is C24H33FN4O4S. The van der Waals surface area contributed by atoms with Gasteiger partial charge in [0, 0.05) is 27.2 Å². The van der Waals surface area contributed by atoms with Crippen molar-refractivity contribution < 1.29 is 22.4 Å². The van der Waals surface area contributed by atoms with E-state index in [1.165, 1.54) is 31.1 Å². The second kappa shape index (κ2) is 11.9. The highest BCUT2D eigenvalue weighted by Gasteiger charge is 2.32. The van der Waals surface area contributed by atoms with Crippen molar-refractivity contribution in [3.8, 4) is 0 Å². The maximum atomic E-state index is 13.5. The second-order valence-electron chi connectivity index (χ2n) is 8.25. The van der Waals surface area contributed by atoms with Crippen LogP contribution in [0.2, 0.25) is 0 Å². The molecule has 186 valence electrons. The maximum Gasteiger partial charge on any atom is 0.304 e. The van der Waals surface area contributed by atoms with Gasteiger partial charge in [-0.1, -0.05) is 36.8 Å². The summed E-state index contributed by atoms with van der Waals surface area (Å²) < 4.78 is 41.4. The number of anilines is 1. The molecule has 34 heavy (non-hydrogen) atoms. The fourth-order valence-electron chi connectivity index (χ4n) is 3.31. The zero-order valence-electron chi connectivity index (χ0n) is 20.3. The van der Waals surface area contributed by atoms with Gasteiger partial charge in [0.25, 0.3) is 0 Å². The van der Waals surface area contributed by atoms with E-state index in [1.54, 1.807) is 6.92 Å². The lowest BCUT2D eigenvalue weighted by Gasteiger charge is -2.32. The van der Waals surface area contributed by atoms with Gasteiger partial charge >= 0.3 is 10.2 Å². The van der Waals surface area contributed by atoms with Gasteiger partial charge in [-0.3, -0.25) is 9.59 Å². The number of carbonyl (C=O) groups is 2. The number of amides is 2. The highest BCUT2D eigenvalue weighted by Crippen LogP contribution is 2.21. The number of aryl methyl sites for hydroxylation is 1. The van der Waals surface area contributed by atoms with Gasteiger partial charge in [0.1, 0.15) is 18.4 Å². The Morgan fingerprint density at radius 2 is 1.74 bits per heavy atom. The van der Waals surface area contributed by atoms with E-state index in [1.807, 2.05) is 38.1 Å². The van der Waals surface area contributed by atoms with Gasteiger partial charge in [-0.05, 0) is 50.1 Å². The van der Waals surface area contributed by atoms with Crippen molar-refractivity contribution in [2.24, 2.45) is 0 Å². The van der Waals surface area contributed by atoms with Crippen LogP contribution < -0.4 is 9.62 Å². The Morgan fingerprint density at radius 3 is 2.29 bits per heavy atom. The predicted octanol–water partition coefficient (Wildman–Crippen LogP) is 2.69. The van der Waals surface area contributed by atoms with Crippen LogP contribution in [0.5, 0.6) is 0 Å². The maximum absolute atomic E-state index is 13.5. The molecule has 0 bridgehead atoms. The first kappa shape index (κ1) is 27.3. The smallest absolute Gasteiger partial charge is 0.304 e. The van der Waals surface area contributed by atoms with Crippen LogP contribution in [0, 0.1) is 12.7 Å². The molecule has 0 radical (unpaired) electrons. The summed E-state index contributed by atoms with van der Waals surface area (Å²) in [4.78, 5) is 27.6. The third-order valence-electron chi connectivity index (χ3n) is 5.29. The number of halogens is 1. The SMILES string of the molecule is CCCNC(=O)[C@H](C)N(Cc1cccc(C)c1)C(=O)CN(c1ccc(F)cc1)S(=O)(=O)N(C)C. The Bertz CT molecular complexity index is 1090. The molecule has 2 aromatic rings. The molecular weight excluding hydrogens is 459 g/mol. The molecule has 0 aromatic heterocycles. The van der Waals surface area contributed by atoms with Crippen molar-refractivity contribution in [1.29, 1.82) is 0 Å². The number of nitrogens with zero attached hydrogens (tertiary/aromatic N) is 3. The molecule has 0 fully saturated rings. The van der Waals surface area contributed by atoms with E-state index in [0.717, 1.165) is 38.3 Å². The minimum atomic E-state index is -4.08. The standard InChI is InChI=1S/C24H33FN4O4S/c1-6-14-26-24(31)19(3)28(16-20-9-7-8-18(2)15-20)23(30)17-29(34(32,33)27(4)5)22-12-10-21(25)11-13-22/h7-13,15,19H,6,14,16-17H2,1-5H3,(H,26,31)/t19-/m0/s1. The van der Waals surface area contributed by atoms with Gasteiger partial charge in [-0.2, -0.15) is 12.7 Å². The Kier molecular flexibility index (Phi) is 9.57. The zero-order valence-corrected chi connectivity index (χ0v) is 21.1. The summed E-state index contributed by atoms with van der Waals surface area (Å²) in [5, 5.41) is 2.79. The molecule has 0 aliphatic rings. The lowest BCUT2D eigenvalue weighted by atomic mass is 10.1. The Labute approximate surface area is 201 Å². The van der Waals surface area contributed by atoms with Gasteiger partial charge < -0.3 is 10.2 Å². The van der Waals surface area contributed by atoms with E-state index >= 15 is 0 Å². The minimum absolute atomic E-state index is 0.125. The minimum Gasteiger partial charge on any atom is -0.354 e. The average Bonchev–Trinajstić information content (AvgIpc) is 2.79. The fourth-order valence-corrected chi connectivity index (χ4v) is 4.37. The second-order valence-corrected chi connectivity index (χ2v) is 10.3. The molecule has 0 aliphatic heterocycles. The molecule has 1 N–H and O–H groups in total.